The largest absolute Gasteiger partial charge is 0.469 e. The predicted octanol–water partition coefficient (Wildman–Crippen LogP) is 10.6. The monoisotopic (exact) mass is 680 g/mol. The standard InChI is InChI=1S/C38H65O8P/c1-3-5-7-9-11-13-15-17-19-21-22-24-26-28-30-32-37(39)44-34-36(35-45-47(41,42)43)46-38(40)33-31-29-27-25-23-20-18-16-14-12-10-8-6-4-2/h5,7,11,13,16-19,22,24,36H,3-4,6,8-10,12,14-15,20-21,23,25-35H2,1-2H3,(H2,41,42,43)/b7-5+,13-11+,18-16+,19-17+,24-22+/t36-/m1/s1. The van der Waals surface area contributed by atoms with Crippen LogP contribution in [0.25, 0.3) is 0 Å². The second kappa shape index (κ2) is 33.6. The molecule has 0 bridgehead atoms. The van der Waals surface area contributed by atoms with Gasteiger partial charge in [0.15, 0.2) is 6.10 Å². The minimum Gasteiger partial charge on any atom is -0.462 e. The van der Waals surface area contributed by atoms with E-state index in [-0.39, 0.29) is 19.4 Å². The molecule has 2 N–H and O–H groups in total. The van der Waals surface area contributed by atoms with E-state index in [2.05, 4.69) is 79.1 Å². The Hall–Kier alpha value is -2.25. The summed E-state index contributed by atoms with van der Waals surface area (Å²) in [5, 5.41) is 0. The van der Waals surface area contributed by atoms with Crippen LogP contribution in [-0.2, 0) is 28.2 Å². The Balaban J connectivity index is 4.09. The lowest BCUT2D eigenvalue weighted by Gasteiger charge is -2.18. The van der Waals surface area contributed by atoms with Crippen molar-refractivity contribution in [1.82, 2.24) is 0 Å². The number of phosphoric acid groups is 1. The van der Waals surface area contributed by atoms with Crippen molar-refractivity contribution >= 4 is 19.8 Å². The molecule has 0 amide bonds. The van der Waals surface area contributed by atoms with Crippen LogP contribution < -0.4 is 0 Å². The first-order valence-corrected chi connectivity index (χ1v) is 19.6. The molecule has 0 fully saturated rings. The molecule has 0 spiro atoms. The second-order valence-corrected chi connectivity index (χ2v) is 13.0. The first-order valence-electron chi connectivity index (χ1n) is 18.1. The van der Waals surface area contributed by atoms with Gasteiger partial charge in [0, 0.05) is 12.8 Å². The average molecular weight is 681 g/mol. The van der Waals surface area contributed by atoms with Crippen LogP contribution in [0.2, 0.25) is 0 Å². The number of unbranched alkanes of at least 4 members (excludes halogenated alkanes) is 12. The molecule has 0 aliphatic rings. The highest BCUT2D eigenvalue weighted by atomic mass is 31.2. The predicted molar refractivity (Wildman–Crippen MR) is 193 cm³/mol. The Bertz CT molecular complexity index is 947. The molecule has 0 aliphatic carbocycles. The molecule has 0 aromatic carbocycles. The van der Waals surface area contributed by atoms with Crippen LogP contribution in [0, 0.1) is 0 Å². The van der Waals surface area contributed by atoms with Gasteiger partial charge < -0.3 is 19.3 Å². The first-order chi connectivity index (χ1) is 22.8. The van der Waals surface area contributed by atoms with E-state index >= 15 is 0 Å². The van der Waals surface area contributed by atoms with Crippen LogP contribution in [0.15, 0.2) is 60.8 Å². The summed E-state index contributed by atoms with van der Waals surface area (Å²) in [4.78, 5) is 42.6. The lowest BCUT2D eigenvalue weighted by Crippen LogP contribution is -2.29. The minimum absolute atomic E-state index is 0.190. The summed E-state index contributed by atoms with van der Waals surface area (Å²) in [5.41, 5.74) is 0. The van der Waals surface area contributed by atoms with Gasteiger partial charge in [0.2, 0.25) is 0 Å². The van der Waals surface area contributed by atoms with E-state index in [1.807, 2.05) is 0 Å². The van der Waals surface area contributed by atoms with E-state index in [9.17, 15) is 14.2 Å². The van der Waals surface area contributed by atoms with Crippen molar-refractivity contribution in [2.24, 2.45) is 0 Å². The topological polar surface area (TPSA) is 119 Å². The van der Waals surface area contributed by atoms with Crippen molar-refractivity contribution in [2.75, 3.05) is 13.2 Å². The number of allylic oxidation sites excluding steroid dienone is 10. The third-order valence-corrected chi connectivity index (χ3v) is 7.76. The van der Waals surface area contributed by atoms with Gasteiger partial charge in [-0.15, -0.1) is 0 Å². The molecule has 0 saturated heterocycles. The maximum atomic E-state index is 12.3. The summed E-state index contributed by atoms with van der Waals surface area (Å²) in [6, 6.07) is 0. The van der Waals surface area contributed by atoms with Gasteiger partial charge in [0.1, 0.15) is 6.61 Å². The zero-order valence-electron chi connectivity index (χ0n) is 29.4. The highest BCUT2D eigenvalue weighted by Gasteiger charge is 2.22. The lowest BCUT2D eigenvalue weighted by atomic mass is 10.1. The quantitative estimate of drug-likeness (QED) is 0.0312. The van der Waals surface area contributed by atoms with Crippen molar-refractivity contribution in [3.63, 3.8) is 0 Å². The fourth-order valence-electron chi connectivity index (χ4n) is 4.59. The fourth-order valence-corrected chi connectivity index (χ4v) is 4.95. The Labute approximate surface area is 286 Å². The van der Waals surface area contributed by atoms with Crippen LogP contribution in [0.3, 0.4) is 0 Å². The first kappa shape index (κ1) is 44.8. The smallest absolute Gasteiger partial charge is 0.462 e. The molecule has 0 unspecified atom stereocenters. The summed E-state index contributed by atoms with van der Waals surface area (Å²) >= 11 is 0. The number of phosphoric ester groups is 1. The van der Waals surface area contributed by atoms with E-state index in [0.29, 0.717) is 12.8 Å². The maximum absolute atomic E-state index is 12.3. The van der Waals surface area contributed by atoms with Crippen LogP contribution in [0.5, 0.6) is 0 Å². The Kier molecular flexibility index (Phi) is 32.0. The van der Waals surface area contributed by atoms with E-state index in [1.165, 1.54) is 38.5 Å². The third kappa shape index (κ3) is 36.4. The number of ether oxygens (including phenoxy) is 2. The highest BCUT2D eigenvalue weighted by molar-refractivity contribution is 7.46. The summed E-state index contributed by atoms with van der Waals surface area (Å²) in [6.45, 7) is 3.49. The number of carbonyl (C=O) groups is 2. The molecule has 0 heterocycles. The molecule has 0 rings (SSSR count). The van der Waals surface area contributed by atoms with Gasteiger partial charge >= 0.3 is 19.8 Å². The molecule has 8 nitrogen and oxygen atoms in total. The minimum atomic E-state index is -4.76. The molecule has 0 aromatic heterocycles. The summed E-state index contributed by atoms with van der Waals surface area (Å²) in [7, 11) is -4.76. The van der Waals surface area contributed by atoms with E-state index in [4.69, 9.17) is 19.3 Å². The Morgan fingerprint density at radius 3 is 1.60 bits per heavy atom. The zero-order valence-corrected chi connectivity index (χ0v) is 30.3. The van der Waals surface area contributed by atoms with Gasteiger partial charge in [-0.2, -0.15) is 0 Å². The van der Waals surface area contributed by atoms with Crippen LogP contribution >= 0.6 is 7.82 Å². The number of hydrogen-bond acceptors (Lipinski definition) is 6. The molecule has 0 aromatic rings. The SMILES string of the molecule is CC/C=C/C/C=C/C/C=C/C/C=C/CCCCC(=O)OC[C@H](COP(=O)(O)O)OC(=O)CCCCCCC/C=C/CCCCCCC. The zero-order chi connectivity index (χ0) is 34.7. The van der Waals surface area contributed by atoms with Gasteiger partial charge in [-0.1, -0.05) is 120 Å². The molecular formula is C38H65O8P. The molecule has 0 aliphatic heterocycles. The van der Waals surface area contributed by atoms with E-state index < -0.39 is 32.5 Å². The third-order valence-electron chi connectivity index (χ3n) is 7.27. The van der Waals surface area contributed by atoms with Crippen molar-refractivity contribution in [2.45, 2.75) is 155 Å². The maximum Gasteiger partial charge on any atom is 0.469 e. The average Bonchev–Trinajstić information content (AvgIpc) is 3.03. The van der Waals surface area contributed by atoms with Crippen LogP contribution in [0.1, 0.15) is 149 Å². The summed E-state index contributed by atoms with van der Waals surface area (Å²) in [5.74, 6) is -0.950. The second-order valence-electron chi connectivity index (χ2n) is 11.8. The van der Waals surface area contributed by atoms with Gasteiger partial charge in [-0.05, 0) is 77.0 Å². The van der Waals surface area contributed by atoms with Gasteiger partial charge in [0.25, 0.3) is 0 Å². The molecule has 47 heavy (non-hydrogen) atoms. The van der Waals surface area contributed by atoms with Gasteiger partial charge in [0.05, 0.1) is 6.61 Å². The summed E-state index contributed by atoms with van der Waals surface area (Å²) < 4.78 is 26.2. The van der Waals surface area contributed by atoms with Crippen LogP contribution in [0.4, 0.5) is 0 Å². The molecular weight excluding hydrogens is 615 g/mol. The number of esters is 2. The molecule has 1 atom stereocenters. The lowest BCUT2D eigenvalue weighted by molar-refractivity contribution is -0.161. The number of hydrogen-bond donors (Lipinski definition) is 2. The molecule has 0 radical (unpaired) electrons. The molecule has 9 heteroatoms. The van der Waals surface area contributed by atoms with Gasteiger partial charge in [-0.25, -0.2) is 4.57 Å². The fraction of sp³-hybridized carbons (Fsp3) is 0.684. The van der Waals surface area contributed by atoms with Crippen molar-refractivity contribution in [3.05, 3.63) is 60.8 Å². The Morgan fingerprint density at radius 2 is 1.02 bits per heavy atom. The van der Waals surface area contributed by atoms with Crippen LogP contribution in [-0.4, -0.2) is 41.0 Å². The van der Waals surface area contributed by atoms with Gasteiger partial charge in [-0.3, -0.25) is 14.1 Å². The van der Waals surface area contributed by atoms with E-state index in [1.54, 1.807) is 0 Å². The number of rotatable bonds is 32. The van der Waals surface area contributed by atoms with E-state index in [0.717, 1.165) is 70.6 Å². The highest BCUT2D eigenvalue weighted by Crippen LogP contribution is 2.35. The Morgan fingerprint density at radius 1 is 0.574 bits per heavy atom. The van der Waals surface area contributed by atoms with Crippen molar-refractivity contribution in [3.8, 4) is 0 Å². The van der Waals surface area contributed by atoms with Crippen molar-refractivity contribution < 1.29 is 37.9 Å². The van der Waals surface area contributed by atoms with Crippen molar-refractivity contribution in [1.29, 1.82) is 0 Å². The number of carbonyl (C=O) groups excluding carboxylic acids is 2. The molecule has 0 saturated carbocycles. The summed E-state index contributed by atoms with van der Waals surface area (Å²) in [6.07, 6.45) is 40.9. The normalized spacial score (nSPS) is 13.2. The molecule has 270 valence electrons.